The summed E-state index contributed by atoms with van der Waals surface area (Å²) in [5.74, 6) is 0.851. The van der Waals surface area contributed by atoms with Gasteiger partial charge in [-0.2, -0.15) is 0 Å². The summed E-state index contributed by atoms with van der Waals surface area (Å²) in [6, 6.07) is 11.0. The van der Waals surface area contributed by atoms with Gasteiger partial charge in [0.25, 0.3) is 0 Å². The van der Waals surface area contributed by atoms with Crippen LogP contribution in [0.4, 0.5) is 0 Å². The summed E-state index contributed by atoms with van der Waals surface area (Å²) in [5, 5.41) is 3.47. The maximum Gasteiger partial charge on any atom is 0.00144 e. The van der Waals surface area contributed by atoms with Crippen LogP contribution in [0, 0.1) is 5.41 Å². The van der Waals surface area contributed by atoms with Gasteiger partial charge in [-0.3, -0.25) is 0 Å². The monoisotopic (exact) mass is 173 g/mol. The van der Waals surface area contributed by atoms with E-state index in [1.807, 2.05) is 0 Å². The highest BCUT2D eigenvalue weighted by Crippen LogP contribution is 2.62. The second-order valence-electron chi connectivity index (χ2n) is 4.46. The minimum Gasteiger partial charge on any atom is -0.316 e. The van der Waals surface area contributed by atoms with E-state index >= 15 is 0 Å². The van der Waals surface area contributed by atoms with Crippen LogP contribution >= 0.6 is 0 Å². The number of hydrogen-bond acceptors (Lipinski definition) is 1. The highest BCUT2D eigenvalue weighted by Gasteiger charge is 2.55. The Bertz CT molecular complexity index is 298. The molecule has 0 unspecified atom stereocenters. The van der Waals surface area contributed by atoms with Gasteiger partial charge in [0, 0.05) is 6.54 Å². The summed E-state index contributed by atoms with van der Waals surface area (Å²) in [7, 11) is 0. The van der Waals surface area contributed by atoms with Gasteiger partial charge in [-0.05, 0) is 36.3 Å². The van der Waals surface area contributed by atoms with E-state index in [1.165, 1.54) is 25.9 Å². The standard InChI is InChI=1S/C12H15N/c1-2-4-10(5-3-1)11-8-12(11)6-7-13-9-12/h1-5,11,13H,6-9H2/t11-,12-/m0/s1. The van der Waals surface area contributed by atoms with Crippen molar-refractivity contribution in [1.29, 1.82) is 0 Å². The van der Waals surface area contributed by atoms with Gasteiger partial charge in [-0.15, -0.1) is 0 Å². The molecule has 2 atom stereocenters. The van der Waals surface area contributed by atoms with Gasteiger partial charge in [0.2, 0.25) is 0 Å². The first-order valence-electron chi connectivity index (χ1n) is 5.16. The van der Waals surface area contributed by atoms with E-state index in [2.05, 4.69) is 35.6 Å². The Morgan fingerprint density at radius 1 is 1.23 bits per heavy atom. The van der Waals surface area contributed by atoms with E-state index in [1.54, 1.807) is 5.56 Å². The molecule has 1 heterocycles. The fourth-order valence-electron chi connectivity index (χ4n) is 2.74. The molecule has 2 fully saturated rings. The van der Waals surface area contributed by atoms with Crippen LogP contribution in [0.15, 0.2) is 30.3 Å². The van der Waals surface area contributed by atoms with Gasteiger partial charge in [-0.25, -0.2) is 0 Å². The summed E-state index contributed by atoms with van der Waals surface area (Å²) < 4.78 is 0. The van der Waals surface area contributed by atoms with Crippen LogP contribution in [0.5, 0.6) is 0 Å². The van der Waals surface area contributed by atoms with Crippen LogP contribution < -0.4 is 5.32 Å². The molecule has 68 valence electrons. The van der Waals surface area contributed by atoms with Crippen molar-refractivity contribution in [3.8, 4) is 0 Å². The Morgan fingerprint density at radius 3 is 2.77 bits per heavy atom. The lowest BCUT2D eigenvalue weighted by Crippen LogP contribution is -2.10. The normalized spacial score (nSPS) is 36.8. The summed E-state index contributed by atoms with van der Waals surface area (Å²) in [6.45, 7) is 2.47. The maximum atomic E-state index is 3.47. The number of rotatable bonds is 1. The van der Waals surface area contributed by atoms with E-state index in [-0.39, 0.29) is 0 Å². The van der Waals surface area contributed by atoms with Crippen LogP contribution in [-0.4, -0.2) is 13.1 Å². The van der Waals surface area contributed by atoms with Gasteiger partial charge in [0.05, 0.1) is 0 Å². The molecule has 1 saturated heterocycles. The van der Waals surface area contributed by atoms with Crippen molar-refractivity contribution in [2.75, 3.05) is 13.1 Å². The molecule has 1 N–H and O–H groups in total. The van der Waals surface area contributed by atoms with Crippen LogP contribution in [0.3, 0.4) is 0 Å². The van der Waals surface area contributed by atoms with Gasteiger partial charge in [0.15, 0.2) is 0 Å². The molecule has 0 aromatic heterocycles. The molecule has 1 spiro atoms. The van der Waals surface area contributed by atoms with E-state index in [9.17, 15) is 0 Å². The third-order valence-electron chi connectivity index (χ3n) is 3.67. The third kappa shape index (κ3) is 1.11. The molecule has 1 aromatic rings. The predicted molar refractivity (Wildman–Crippen MR) is 53.7 cm³/mol. The quantitative estimate of drug-likeness (QED) is 0.686. The van der Waals surface area contributed by atoms with Gasteiger partial charge >= 0.3 is 0 Å². The molecule has 1 aliphatic carbocycles. The summed E-state index contributed by atoms with van der Waals surface area (Å²) >= 11 is 0. The maximum absolute atomic E-state index is 3.47. The van der Waals surface area contributed by atoms with Crippen molar-refractivity contribution >= 4 is 0 Å². The van der Waals surface area contributed by atoms with E-state index < -0.39 is 0 Å². The SMILES string of the molecule is c1ccc([C@@H]2C[C@]23CCNC3)cc1. The van der Waals surface area contributed by atoms with E-state index in [4.69, 9.17) is 0 Å². The third-order valence-corrected chi connectivity index (χ3v) is 3.67. The van der Waals surface area contributed by atoms with Crippen LogP contribution in [0.2, 0.25) is 0 Å². The Kier molecular flexibility index (Phi) is 1.50. The topological polar surface area (TPSA) is 12.0 Å². The lowest BCUT2D eigenvalue weighted by atomic mass is 9.98. The second-order valence-corrected chi connectivity index (χ2v) is 4.46. The molecule has 1 saturated carbocycles. The van der Waals surface area contributed by atoms with Crippen LogP contribution in [-0.2, 0) is 0 Å². The van der Waals surface area contributed by atoms with Crippen molar-refractivity contribution in [2.24, 2.45) is 5.41 Å². The zero-order valence-electron chi connectivity index (χ0n) is 7.79. The van der Waals surface area contributed by atoms with Crippen LogP contribution in [0.25, 0.3) is 0 Å². The number of nitrogens with one attached hydrogen (secondary N) is 1. The van der Waals surface area contributed by atoms with E-state index in [0.717, 1.165) is 5.92 Å². The molecule has 2 aliphatic rings. The fraction of sp³-hybridized carbons (Fsp3) is 0.500. The van der Waals surface area contributed by atoms with Crippen molar-refractivity contribution in [1.82, 2.24) is 5.32 Å². The average molecular weight is 173 g/mol. The van der Waals surface area contributed by atoms with Gasteiger partial charge in [-0.1, -0.05) is 30.3 Å². The van der Waals surface area contributed by atoms with Crippen molar-refractivity contribution in [3.05, 3.63) is 35.9 Å². The number of hydrogen-bond donors (Lipinski definition) is 1. The fourth-order valence-corrected chi connectivity index (χ4v) is 2.74. The molecular weight excluding hydrogens is 158 g/mol. The molecule has 0 radical (unpaired) electrons. The summed E-state index contributed by atoms with van der Waals surface area (Å²) in [6.07, 6.45) is 2.79. The van der Waals surface area contributed by atoms with Gasteiger partial charge < -0.3 is 5.32 Å². The molecule has 1 nitrogen and oxygen atoms in total. The molecule has 13 heavy (non-hydrogen) atoms. The highest BCUT2D eigenvalue weighted by molar-refractivity contribution is 5.30. The minimum atomic E-state index is 0.654. The van der Waals surface area contributed by atoms with Gasteiger partial charge in [0.1, 0.15) is 0 Å². The Labute approximate surface area is 79.2 Å². The van der Waals surface area contributed by atoms with Crippen molar-refractivity contribution in [3.63, 3.8) is 0 Å². The van der Waals surface area contributed by atoms with Crippen molar-refractivity contribution in [2.45, 2.75) is 18.8 Å². The summed E-state index contributed by atoms with van der Waals surface area (Å²) in [4.78, 5) is 0. The Morgan fingerprint density at radius 2 is 2.08 bits per heavy atom. The molecule has 0 amide bonds. The smallest absolute Gasteiger partial charge is 0.00144 e. The first-order chi connectivity index (χ1) is 6.41. The highest BCUT2D eigenvalue weighted by atomic mass is 14.9. The average Bonchev–Trinajstić information content (AvgIpc) is 2.66. The summed E-state index contributed by atoms with van der Waals surface area (Å²) in [5.41, 5.74) is 2.20. The van der Waals surface area contributed by atoms with Crippen molar-refractivity contribution < 1.29 is 0 Å². The Balaban J connectivity index is 1.83. The second kappa shape index (κ2) is 2.58. The molecule has 3 rings (SSSR count). The number of benzene rings is 1. The lowest BCUT2D eigenvalue weighted by Gasteiger charge is -2.06. The lowest BCUT2D eigenvalue weighted by molar-refractivity contribution is 0.549. The van der Waals surface area contributed by atoms with E-state index in [0.29, 0.717) is 5.41 Å². The predicted octanol–water partition coefficient (Wildman–Crippen LogP) is 2.15. The first-order valence-corrected chi connectivity index (χ1v) is 5.16. The Hall–Kier alpha value is -0.820. The van der Waals surface area contributed by atoms with Crippen LogP contribution in [0.1, 0.15) is 24.3 Å². The largest absolute Gasteiger partial charge is 0.316 e. The molecule has 0 bridgehead atoms. The molecule has 1 aromatic carbocycles. The zero-order valence-corrected chi connectivity index (χ0v) is 7.79. The molecular formula is C12H15N. The first kappa shape index (κ1) is 7.57. The molecule has 1 aliphatic heterocycles. The minimum absolute atomic E-state index is 0.654. The zero-order chi connectivity index (χ0) is 8.73. The molecule has 1 heteroatoms.